The maximum Gasteiger partial charge on any atom is 0.430 e. The molecule has 144 valence electrons. The maximum atomic E-state index is 12.7. The van der Waals surface area contributed by atoms with Crippen LogP contribution in [0.3, 0.4) is 0 Å². The average molecular weight is 364 g/mol. The number of carbonyl (C=O) groups is 3. The molecule has 0 aliphatic heterocycles. The number of amides is 2. The first-order valence-corrected chi connectivity index (χ1v) is 8.33. The molecule has 1 N–H and O–H groups in total. The minimum absolute atomic E-state index is 0.511. The number of ether oxygens (including phenoxy) is 2. The average Bonchev–Trinajstić information content (AvgIpc) is 2.49. The predicted octanol–water partition coefficient (Wildman–Crippen LogP) is 3.78. The highest BCUT2D eigenvalue weighted by Gasteiger charge is 2.41. The van der Waals surface area contributed by atoms with Crippen molar-refractivity contribution in [2.75, 3.05) is 0 Å². The number of hydrogen-bond acceptors (Lipinski definition) is 5. The summed E-state index contributed by atoms with van der Waals surface area (Å²) in [6.07, 6.45) is -1.17. The van der Waals surface area contributed by atoms with Crippen LogP contribution in [0.1, 0.15) is 54.0 Å². The van der Waals surface area contributed by atoms with E-state index in [1.807, 2.05) is 0 Å². The van der Waals surface area contributed by atoms with Crippen LogP contribution in [0.4, 0.5) is 9.59 Å². The number of carbonyl (C=O) groups excluding carboxylic acids is 3. The lowest BCUT2D eigenvalue weighted by atomic mass is 9.93. The third kappa shape index (κ3) is 6.06. The van der Waals surface area contributed by atoms with Gasteiger partial charge >= 0.3 is 12.2 Å². The quantitative estimate of drug-likeness (QED) is 0.652. The van der Waals surface area contributed by atoms with Crippen molar-refractivity contribution in [3.63, 3.8) is 0 Å². The summed E-state index contributed by atoms with van der Waals surface area (Å²) in [5.74, 6) is 0. The molecule has 0 aromatic heterocycles. The number of benzene rings is 1. The fourth-order valence-corrected chi connectivity index (χ4v) is 2.08. The Balaban J connectivity index is 3.27. The SMILES string of the molecule is CC(C)(C)OC(=O)NN(C(=O)OC(C)(C)C)[C@](C)(C=O)c1ccccc1. The predicted molar refractivity (Wildman–Crippen MR) is 97.3 cm³/mol. The Morgan fingerprint density at radius 2 is 1.42 bits per heavy atom. The Bertz CT molecular complexity index is 646. The van der Waals surface area contributed by atoms with E-state index in [1.54, 1.807) is 71.9 Å². The molecule has 0 unspecified atom stereocenters. The second-order valence-electron chi connectivity index (χ2n) is 8.06. The number of nitrogens with one attached hydrogen (secondary N) is 1. The zero-order valence-corrected chi connectivity index (χ0v) is 16.5. The molecule has 0 aliphatic rings. The van der Waals surface area contributed by atoms with Crippen LogP contribution in [0.5, 0.6) is 0 Å². The lowest BCUT2D eigenvalue weighted by molar-refractivity contribution is -0.120. The first-order valence-electron chi connectivity index (χ1n) is 8.33. The smallest absolute Gasteiger partial charge is 0.430 e. The van der Waals surface area contributed by atoms with Gasteiger partial charge in [0.25, 0.3) is 0 Å². The summed E-state index contributed by atoms with van der Waals surface area (Å²) in [5, 5.41) is 0.856. The number of nitrogens with zero attached hydrogens (tertiary/aromatic N) is 1. The Morgan fingerprint density at radius 3 is 1.85 bits per heavy atom. The molecule has 0 fully saturated rings. The molecule has 0 aliphatic carbocycles. The van der Waals surface area contributed by atoms with Crippen LogP contribution < -0.4 is 5.43 Å². The van der Waals surface area contributed by atoms with Crippen molar-refractivity contribution in [3.05, 3.63) is 35.9 Å². The van der Waals surface area contributed by atoms with Gasteiger partial charge in [-0.1, -0.05) is 30.3 Å². The fraction of sp³-hybridized carbons (Fsp3) is 0.526. The van der Waals surface area contributed by atoms with E-state index in [-0.39, 0.29) is 0 Å². The minimum atomic E-state index is -1.49. The summed E-state index contributed by atoms with van der Waals surface area (Å²) in [6.45, 7) is 11.7. The Hall–Kier alpha value is -2.57. The Kier molecular flexibility index (Phi) is 6.41. The molecule has 0 saturated heterocycles. The van der Waals surface area contributed by atoms with E-state index >= 15 is 0 Å². The molecular weight excluding hydrogens is 336 g/mol. The van der Waals surface area contributed by atoms with E-state index in [2.05, 4.69) is 5.43 Å². The van der Waals surface area contributed by atoms with Gasteiger partial charge in [0, 0.05) is 0 Å². The highest BCUT2D eigenvalue weighted by atomic mass is 16.6. The van der Waals surface area contributed by atoms with Crippen molar-refractivity contribution in [3.8, 4) is 0 Å². The number of aldehydes is 1. The summed E-state index contributed by atoms with van der Waals surface area (Å²) in [4.78, 5) is 36.9. The van der Waals surface area contributed by atoms with Gasteiger partial charge in [-0.2, -0.15) is 5.01 Å². The molecule has 1 rings (SSSR count). The van der Waals surface area contributed by atoms with Gasteiger partial charge in [0.2, 0.25) is 0 Å². The van der Waals surface area contributed by atoms with Crippen LogP contribution in [0.2, 0.25) is 0 Å². The van der Waals surface area contributed by atoms with E-state index in [0.717, 1.165) is 5.01 Å². The van der Waals surface area contributed by atoms with Gasteiger partial charge in [0.1, 0.15) is 16.7 Å². The molecule has 0 saturated carbocycles. The molecule has 26 heavy (non-hydrogen) atoms. The van der Waals surface area contributed by atoms with Crippen molar-refractivity contribution < 1.29 is 23.9 Å². The maximum absolute atomic E-state index is 12.7. The van der Waals surface area contributed by atoms with Crippen molar-refractivity contribution in [2.24, 2.45) is 0 Å². The number of rotatable bonds is 3. The molecular formula is C19H28N2O5. The van der Waals surface area contributed by atoms with Gasteiger partial charge in [-0.15, -0.1) is 0 Å². The topological polar surface area (TPSA) is 84.9 Å². The Labute approximate surface area is 154 Å². The molecule has 0 heterocycles. The summed E-state index contributed by atoms with van der Waals surface area (Å²) >= 11 is 0. The van der Waals surface area contributed by atoms with Crippen LogP contribution in [0.15, 0.2) is 30.3 Å². The van der Waals surface area contributed by atoms with Gasteiger partial charge in [-0.05, 0) is 54.0 Å². The second-order valence-corrected chi connectivity index (χ2v) is 8.06. The molecule has 1 atom stereocenters. The summed E-state index contributed by atoms with van der Waals surface area (Å²) < 4.78 is 10.6. The largest absolute Gasteiger partial charge is 0.443 e. The summed E-state index contributed by atoms with van der Waals surface area (Å²) in [7, 11) is 0. The van der Waals surface area contributed by atoms with E-state index in [9.17, 15) is 14.4 Å². The normalized spacial score (nSPS) is 14.0. The van der Waals surface area contributed by atoms with Gasteiger partial charge in [0.05, 0.1) is 0 Å². The van der Waals surface area contributed by atoms with E-state index in [0.29, 0.717) is 11.8 Å². The van der Waals surface area contributed by atoms with Gasteiger partial charge in [0.15, 0.2) is 6.29 Å². The molecule has 1 aromatic rings. The standard InChI is InChI=1S/C19H28N2O5/c1-17(2,3)25-15(23)20-21(16(24)26-18(4,5)6)19(7,13-22)14-11-9-8-10-12-14/h8-13H,1-7H3,(H,20,23)/t19-/m1/s1. The van der Waals surface area contributed by atoms with Gasteiger partial charge in [-0.3, -0.25) is 0 Å². The van der Waals surface area contributed by atoms with Crippen molar-refractivity contribution in [2.45, 2.75) is 65.2 Å². The molecule has 0 spiro atoms. The lowest BCUT2D eigenvalue weighted by Crippen LogP contribution is -2.59. The van der Waals surface area contributed by atoms with E-state index in [4.69, 9.17) is 9.47 Å². The Morgan fingerprint density at radius 1 is 0.923 bits per heavy atom. The highest BCUT2D eigenvalue weighted by molar-refractivity contribution is 5.81. The van der Waals surface area contributed by atoms with Crippen molar-refractivity contribution in [1.82, 2.24) is 10.4 Å². The molecule has 0 radical (unpaired) electrons. The zero-order valence-electron chi connectivity index (χ0n) is 16.5. The first kappa shape index (κ1) is 21.5. The zero-order chi connectivity index (χ0) is 20.2. The lowest BCUT2D eigenvalue weighted by Gasteiger charge is -2.38. The molecule has 1 aromatic carbocycles. The number of hydrazine groups is 1. The van der Waals surface area contributed by atoms with Crippen LogP contribution in [-0.4, -0.2) is 34.7 Å². The third-order valence-electron chi connectivity index (χ3n) is 3.23. The fourth-order valence-electron chi connectivity index (χ4n) is 2.08. The van der Waals surface area contributed by atoms with Crippen LogP contribution >= 0.6 is 0 Å². The summed E-state index contributed by atoms with van der Waals surface area (Å²) in [5.41, 5.74) is -0.206. The minimum Gasteiger partial charge on any atom is -0.443 e. The van der Waals surface area contributed by atoms with Crippen molar-refractivity contribution in [1.29, 1.82) is 0 Å². The monoisotopic (exact) mass is 364 g/mol. The first-order chi connectivity index (χ1) is 11.8. The van der Waals surface area contributed by atoms with E-state index in [1.165, 1.54) is 6.92 Å². The van der Waals surface area contributed by atoms with Crippen LogP contribution in [0, 0.1) is 0 Å². The number of hydrogen-bond donors (Lipinski definition) is 1. The van der Waals surface area contributed by atoms with Gasteiger partial charge < -0.3 is 14.3 Å². The third-order valence-corrected chi connectivity index (χ3v) is 3.23. The van der Waals surface area contributed by atoms with Crippen LogP contribution in [-0.2, 0) is 19.8 Å². The highest BCUT2D eigenvalue weighted by Crippen LogP contribution is 2.27. The van der Waals surface area contributed by atoms with Gasteiger partial charge in [-0.25, -0.2) is 15.0 Å². The molecule has 0 bridgehead atoms. The molecule has 7 heteroatoms. The second kappa shape index (κ2) is 7.76. The molecule has 2 amide bonds. The molecule has 7 nitrogen and oxygen atoms in total. The van der Waals surface area contributed by atoms with Crippen LogP contribution in [0.25, 0.3) is 0 Å². The summed E-state index contributed by atoms with van der Waals surface area (Å²) in [6, 6.07) is 8.62. The van der Waals surface area contributed by atoms with Crippen molar-refractivity contribution >= 4 is 18.5 Å². The van der Waals surface area contributed by atoms with E-state index < -0.39 is 28.9 Å².